The number of para-hydroxylation sites is 4. The van der Waals surface area contributed by atoms with Crippen molar-refractivity contribution in [1.29, 1.82) is 0 Å². The molecular formula is C70H44N4OSSi. The second-order valence-corrected chi connectivity index (χ2v) is 24.7. The minimum Gasteiger partial charge on any atom is -0.455 e. The zero-order valence-electron chi connectivity index (χ0n) is 41.5. The van der Waals surface area contributed by atoms with Crippen molar-refractivity contribution < 1.29 is 4.42 Å². The van der Waals surface area contributed by atoms with E-state index in [4.69, 9.17) is 14.4 Å². The number of benzene rings is 10. The Morgan fingerprint density at radius 2 is 0.779 bits per heavy atom. The van der Waals surface area contributed by atoms with Crippen molar-refractivity contribution in [2.24, 2.45) is 0 Å². The quantitative estimate of drug-likeness (QED) is 0.143. The van der Waals surface area contributed by atoms with Gasteiger partial charge in [-0.25, -0.2) is 0 Å². The first kappa shape index (κ1) is 43.7. The highest BCUT2D eigenvalue weighted by Crippen LogP contribution is 2.41. The maximum Gasteiger partial charge on any atom is 0.230 e. The van der Waals surface area contributed by atoms with Gasteiger partial charge in [-0.3, -0.25) is 9.97 Å². The fraction of sp³-hybridized carbons (Fsp3) is 0. The van der Waals surface area contributed by atoms with E-state index in [0.29, 0.717) is 0 Å². The average Bonchev–Trinajstić information content (AvgIpc) is 4.48. The summed E-state index contributed by atoms with van der Waals surface area (Å²) in [5.74, 6) is 0. The van der Waals surface area contributed by atoms with Gasteiger partial charge in [-0.1, -0.05) is 158 Å². The number of thiophene rings is 1. The van der Waals surface area contributed by atoms with E-state index in [1.807, 2.05) is 23.7 Å². The van der Waals surface area contributed by atoms with Crippen LogP contribution in [0.5, 0.6) is 0 Å². The number of furan rings is 1. The highest BCUT2D eigenvalue weighted by Gasteiger charge is 2.48. The lowest BCUT2D eigenvalue weighted by Crippen LogP contribution is -2.76. The number of pyridine rings is 2. The summed E-state index contributed by atoms with van der Waals surface area (Å²) in [4.78, 5) is 11.0. The van der Waals surface area contributed by atoms with Gasteiger partial charge >= 0.3 is 0 Å². The molecule has 0 aliphatic rings. The van der Waals surface area contributed by atoms with Gasteiger partial charge in [0.1, 0.15) is 5.58 Å². The number of fused-ring (bicyclic) bond motifs is 12. The van der Waals surface area contributed by atoms with E-state index in [0.717, 1.165) is 55.1 Å². The summed E-state index contributed by atoms with van der Waals surface area (Å²) < 4.78 is 14.3. The SMILES string of the molecule is c1ccc(-n2c3ccccc3c3cc(-c4ccc5oc6c([Si](c7ccccc7)(c7ccccc7)c7nccc8c7sc7ccc(-c9ccc%10c(c9)c9ccccc9n%10-c9ccccc9)cc78)nccc6c5c4)ccc32)cc1. The van der Waals surface area contributed by atoms with Crippen LogP contribution in [-0.2, 0) is 0 Å². The second-order valence-electron chi connectivity index (χ2n) is 20.0. The molecule has 0 aliphatic carbocycles. The third kappa shape index (κ3) is 6.58. The van der Waals surface area contributed by atoms with Crippen LogP contribution < -0.4 is 21.0 Å². The van der Waals surface area contributed by atoms with E-state index in [-0.39, 0.29) is 0 Å². The van der Waals surface area contributed by atoms with Crippen LogP contribution in [0.1, 0.15) is 0 Å². The molecule has 0 radical (unpaired) electrons. The third-order valence-electron chi connectivity index (χ3n) is 15.9. The summed E-state index contributed by atoms with van der Waals surface area (Å²) >= 11 is 1.83. The van der Waals surface area contributed by atoms with Gasteiger partial charge in [-0.2, -0.15) is 0 Å². The molecule has 0 bridgehead atoms. The smallest absolute Gasteiger partial charge is 0.230 e. The van der Waals surface area contributed by atoms with Crippen molar-refractivity contribution >= 4 is 126 Å². The normalized spacial score (nSPS) is 12.2. The average molecular weight is 1020 g/mol. The van der Waals surface area contributed by atoms with E-state index < -0.39 is 8.07 Å². The van der Waals surface area contributed by atoms with Crippen LogP contribution in [0.3, 0.4) is 0 Å². The minimum absolute atomic E-state index is 0.798. The summed E-state index contributed by atoms with van der Waals surface area (Å²) in [6, 6.07) is 92.5. The molecule has 77 heavy (non-hydrogen) atoms. The maximum absolute atomic E-state index is 7.19. The third-order valence-corrected chi connectivity index (χ3v) is 21.9. The molecule has 0 aliphatic heterocycles. The zero-order valence-corrected chi connectivity index (χ0v) is 43.3. The minimum atomic E-state index is -3.38. The van der Waals surface area contributed by atoms with Gasteiger partial charge in [0.25, 0.3) is 0 Å². The van der Waals surface area contributed by atoms with Gasteiger partial charge in [0.05, 0.1) is 37.4 Å². The number of hydrogen-bond acceptors (Lipinski definition) is 4. The first-order valence-electron chi connectivity index (χ1n) is 26.1. The predicted octanol–water partition coefficient (Wildman–Crippen LogP) is 15.6. The Hall–Kier alpha value is -9.66. The summed E-state index contributed by atoms with van der Waals surface area (Å²) in [5, 5.41) is 13.8. The molecule has 16 rings (SSSR count). The van der Waals surface area contributed by atoms with Gasteiger partial charge < -0.3 is 13.6 Å². The lowest BCUT2D eigenvalue weighted by Gasteiger charge is -2.32. The van der Waals surface area contributed by atoms with Crippen LogP contribution in [0.25, 0.3) is 119 Å². The fourth-order valence-electron chi connectivity index (χ4n) is 12.5. The predicted molar refractivity (Wildman–Crippen MR) is 325 cm³/mol. The van der Waals surface area contributed by atoms with Crippen LogP contribution in [-0.4, -0.2) is 27.2 Å². The molecule has 16 aromatic rings. The van der Waals surface area contributed by atoms with E-state index in [9.17, 15) is 0 Å². The van der Waals surface area contributed by atoms with Crippen LogP contribution >= 0.6 is 11.3 Å². The standard InChI is InChI=1S/C70H44N4OSSi/c1-5-17-49(18-6-1)73-61-27-15-13-25-53(61)57-41-45(29-33-63(57)73)47-31-35-65-59(43-47)55-37-39-71-69(67(55)75-65)77(51-21-9-3-10-22-51,52-23-11-4-12-24-52)70-68-56(38-40-72-70)60-44-48(32-36-66(60)76-68)46-30-34-64-58(42-46)54-26-14-16-28-62(54)74(64)50-19-7-2-8-20-50/h1-44H. The molecule has 6 heterocycles. The summed E-state index contributed by atoms with van der Waals surface area (Å²) in [7, 11) is -3.38. The monoisotopic (exact) mass is 1020 g/mol. The van der Waals surface area contributed by atoms with Crippen molar-refractivity contribution in [2.75, 3.05) is 0 Å². The highest BCUT2D eigenvalue weighted by atomic mass is 32.1. The van der Waals surface area contributed by atoms with Crippen molar-refractivity contribution in [3.63, 3.8) is 0 Å². The molecule has 0 saturated carbocycles. The number of hydrogen-bond donors (Lipinski definition) is 0. The first-order chi connectivity index (χ1) is 38.2. The van der Waals surface area contributed by atoms with Gasteiger partial charge in [-0.15, -0.1) is 11.3 Å². The molecule has 0 fully saturated rings. The van der Waals surface area contributed by atoms with Crippen LogP contribution in [0.4, 0.5) is 0 Å². The van der Waals surface area contributed by atoms with Crippen molar-refractivity contribution in [3.05, 3.63) is 267 Å². The molecule has 360 valence electrons. The number of rotatable bonds is 8. The molecule has 7 heteroatoms. The fourth-order valence-corrected chi connectivity index (χ4v) is 18.8. The Labute approximate surface area is 447 Å². The Morgan fingerprint density at radius 1 is 0.338 bits per heavy atom. The van der Waals surface area contributed by atoms with Gasteiger partial charge in [-0.05, 0) is 130 Å². The van der Waals surface area contributed by atoms with E-state index >= 15 is 0 Å². The molecule has 0 N–H and O–H groups in total. The lowest BCUT2D eigenvalue weighted by atomic mass is 10.0. The van der Waals surface area contributed by atoms with Crippen LogP contribution in [0.15, 0.2) is 272 Å². The van der Waals surface area contributed by atoms with E-state index in [2.05, 4.69) is 264 Å². The van der Waals surface area contributed by atoms with E-state index in [1.165, 1.54) is 85.3 Å². The molecule has 0 atom stereocenters. The summed E-state index contributed by atoms with van der Waals surface area (Å²) in [6.07, 6.45) is 4.01. The topological polar surface area (TPSA) is 48.8 Å². The van der Waals surface area contributed by atoms with E-state index in [1.54, 1.807) is 0 Å². The highest BCUT2D eigenvalue weighted by molar-refractivity contribution is 7.30. The van der Waals surface area contributed by atoms with Crippen molar-refractivity contribution in [1.82, 2.24) is 19.1 Å². The Kier molecular flexibility index (Phi) is 9.76. The Balaban J connectivity index is 0.878. The Morgan fingerprint density at radius 3 is 1.35 bits per heavy atom. The van der Waals surface area contributed by atoms with Gasteiger partial charge in [0.15, 0.2) is 5.58 Å². The molecule has 5 nitrogen and oxygen atoms in total. The first-order valence-corrected chi connectivity index (χ1v) is 28.9. The largest absolute Gasteiger partial charge is 0.455 e. The van der Waals surface area contributed by atoms with Gasteiger partial charge in [0, 0.05) is 71.6 Å². The number of aromatic nitrogens is 4. The Bertz CT molecular complexity index is 4670. The molecule has 10 aromatic carbocycles. The van der Waals surface area contributed by atoms with Crippen molar-refractivity contribution in [2.45, 2.75) is 0 Å². The number of nitrogens with zero attached hydrogens (tertiary/aromatic N) is 4. The molecule has 0 unspecified atom stereocenters. The molecule has 6 aromatic heterocycles. The van der Waals surface area contributed by atoms with Gasteiger partial charge in [0.2, 0.25) is 8.07 Å². The van der Waals surface area contributed by atoms with Crippen molar-refractivity contribution in [3.8, 4) is 33.6 Å². The summed E-state index contributed by atoms with van der Waals surface area (Å²) in [6.45, 7) is 0. The molecular weight excluding hydrogens is 973 g/mol. The maximum atomic E-state index is 7.19. The van der Waals surface area contributed by atoms with Crippen LogP contribution in [0.2, 0.25) is 0 Å². The zero-order chi connectivity index (χ0) is 50.6. The lowest BCUT2D eigenvalue weighted by molar-refractivity contribution is 0.670. The van der Waals surface area contributed by atoms with Crippen LogP contribution in [0, 0.1) is 0 Å². The molecule has 0 saturated heterocycles. The summed E-state index contributed by atoms with van der Waals surface area (Å²) in [5.41, 5.74) is 13.3. The molecule has 0 spiro atoms. The molecule has 0 amide bonds. The second kappa shape index (κ2) is 17.2.